The Balaban J connectivity index is 2.11. The number of carbonyl (C=O) groups is 1. The Kier molecular flexibility index (Phi) is 4.58. The Labute approximate surface area is 121 Å². The second kappa shape index (κ2) is 6.01. The van der Waals surface area contributed by atoms with Gasteiger partial charge in [-0.2, -0.15) is 0 Å². The van der Waals surface area contributed by atoms with Crippen LogP contribution in [-0.2, 0) is 0 Å². The average Bonchev–Trinajstić information content (AvgIpc) is 2.32. The summed E-state index contributed by atoms with van der Waals surface area (Å²) in [7, 11) is 0. The lowest BCUT2D eigenvalue weighted by Gasteiger charge is -2.36. The number of benzene rings is 1. The molecule has 0 spiro atoms. The average molecular weight is 329 g/mol. The SMILES string of the molecule is CC1CCNC(C)C1NC(=O)c1cc(F)cc(Br)c1. The Morgan fingerprint density at radius 2 is 2.16 bits per heavy atom. The number of carbonyl (C=O) groups excluding carboxylic acids is 1. The number of hydrogen-bond acceptors (Lipinski definition) is 2. The van der Waals surface area contributed by atoms with E-state index in [0.717, 1.165) is 13.0 Å². The van der Waals surface area contributed by atoms with Gasteiger partial charge >= 0.3 is 0 Å². The second-order valence-electron chi connectivity index (χ2n) is 5.17. The molecular formula is C14H18BrFN2O. The molecule has 3 nitrogen and oxygen atoms in total. The summed E-state index contributed by atoms with van der Waals surface area (Å²) in [5, 5.41) is 6.34. The summed E-state index contributed by atoms with van der Waals surface area (Å²) in [6, 6.07) is 4.52. The van der Waals surface area contributed by atoms with Gasteiger partial charge in [0.2, 0.25) is 0 Å². The molecule has 1 saturated heterocycles. The minimum Gasteiger partial charge on any atom is -0.347 e. The lowest BCUT2D eigenvalue weighted by molar-refractivity contribution is 0.0897. The zero-order valence-corrected chi connectivity index (χ0v) is 12.6. The van der Waals surface area contributed by atoms with Crippen LogP contribution in [0.2, 0.25) is 0 Å². The van der Waals surface area contributed by atoms with E-state index in [0.29, 0.717) is 16.0 Å². The highest BCUT2D eigenvalue weighted by Gasteiger charge is 2.28. The van der Waals surface area contributed by atoms with E-state index in [4.69, 9.17) is 0 Å². The van der Waals surface area contributed by atoms with Gasteiger partial charge in [-0.1, -0.05) is 22.9 Å². The molecule has 0 bridgehead atoms. The van der Waals surface area contributed by atoms with Crippen LogP contribution in [0.5, 0.6) is 0 Å². The van der Waals surface area contributed by atoms with Crippen molar-refractivity contribution < 1.29 is 9.18 Å². The molecule has 0 saturated carbocycles. The third-order valence-corrected chi connectivity index (χ3v) is 4.10. The van der Waals surface area contributed by atoms with E-state index in [9.17, 15) is 9.18 Å². The standard InChI is InChI=1S/C14H18BrFN2O/c1-8-3-4-17-9(2)13(8)18-14(19)10-5-11(15)7-12(16)6-10/h5-9,13,17H,3-4H2,1-2H3,(H,18,19). The van der Waals surface area contributed by atoms with Crippen LogP contribution in [0, 0.1) is 11.7 Å². The third kappa shape index (κ3) is 3.54. The van der Waals surface area contributed by atoms with Crippen molar-refractivity contribution in [2.45, 2.75) is 32.4 Å². The van der Waals surface area contributed by atoms with Gasteiger partial charge in [-0.3, -0.25) is 4.79 Å². The monoisotopic (exact) mass is 328 g/mol. The zero-order valence-electron chi connectivity index (χ0n) is 11.0. The molecule has 5 heteroatoms. The molecule has 1 aliphatic heterocycles. The van der Waals surface area contributed by atoms with Crippen molar-refractivity contribution in [1.82, 2.24) is 10.6 Å². The predicted octanol–water partition coefficient (Wildman–Crippen LogP) is 2.70. The number of nitrogens with one attached hydrogen (secondary N) is 2. The Bertz CT molecular complexity index is 450. The van der Waals surface area contributed by atoms with Gasteiger partial charge in [0.15, 0.2) is 0 Å². The van der Waals surface area contributed by atoms with Crippen LogP contribution in [0.1, 0.15) is 30.6 Å². The van der Waals surface area contributed by atoms with Gasteiger partial charge in [0.05, 0.1) is 0 Å². The quantitative estimate of drug-likeness (QED) is 0.876. The van der Waals surface area contributed by atoms with Crippen LogP contribution in [0.25, 0.3) is 0 Å². The molecule has 1 aromatic carbocycles. The fourth-order valence-corrected chi connectivity index (χ4v) is 2.99. The molecule has 0 aromatic heterocycles. The topological polar surface area (TPSA) is 41.1 Å². The summed E-state index contributed by atoms with van der Waals surface area (Å²) < 4.78 is 13.9. The van der Waals surface area contributed by atoms with Gasteiger partial charge in [-0.05, 0) is 44.0 Å². The first-order chi connectivity index (χ1) is 8.97. The summed E-state index contributed by atoms with van der Waals surface area (Å²) in [5.41, 5.74) is 0.344. The normalized spacial score (nSPS) is 27.1. The van der Waals surface area contributed by atoms with Gasteiger partial charge in [0.1, 0.15) is 5.82 Å². The molecule has 1 aliphatic rings. The zero-order chi connectivity index (χ0) is 14.0. The Morgan fingerprint density at radius 1 is 1.42 bits per heavy atom. The smallest absolute Gasteiger partial charge is 0.251 e. The first-order valence-electron chi connectivity index (χ1n) is 6.47. The lowest BCUT2D eigenvalue weighted by Crippen LogP contribution is -2.55. The van der Waals surface area contributed by atoms with E-state index in [1.807, 2.05) is 0 Å². The highest BCUT2D eigenvalue weighted by molar-refractivity contribution is 9.10. The molecule has 104 valence electrons. The van der Waals surface area contributed by atoms with Crippen LogP contribution in [-0.4, -0.2) is 24.5 Å². The molecule has 19 heavy (non-hydrogen) atoms. The summed E-state index contributed by atoms with van der Waals surface area (Å²) in [4.78, 5) is 12.2. The van der Waals surface area contributed by atoms with E-state index >= 15 is 0 Å². The van der Waals surface area contributed by atoms with Gasteiger partial charge in [0.25, 0.3) is 5.91 Å². The third-order valence-electron chi connectivity index (χ3n) is 3.64. The molecule has 3 atom stereocenters. The summed E-state index contributed by atoms with van der Waals surface area (Å²) in [5.74, 6) is -0.229. The van der Waals surface area contributed by atoms with Crippen LogP contribution in [0.15, 0.2) is 22.7 Å². The van der Waals surface area contributed by atoms with E-state index in [2.05, 4.69) is 40.4 Å². The number of rotatable bonds is 2. The molecule has 1 aromatic rings. The van der Waals surface area contributed by atoms with E-state index in [1.54, 1.807) is 6.07 Å². The molecule has 1 fully saturated rings. The minimum absolute atomic E-state index is 0.0725. The lowest BCUT2D eigenvalue weighted by atomic mass is 9.89. The first kappa shape index (κ1) is 14.5. The van der Waals surface area contributed by atoms with E-state index in [1.165, 1.54) is 12.1 Å². The highest BCUT2D eigenvalue weighted by atomic mass is 79.9. The van der Waals surface area contributed by atoms with Crippen LogP contribution in [0.3, 0.4) is 0 Å². The molecule has 2 N–H and O–H groups in total. The first-order valence-corrected chi connectivity index (χ1v) is 7.27. The maximum atomic E-state index is 13.3. The van der Waals surface area contributed by atoms with Gasteiger partial charge < -0.3 is 10.6 Å². The maximum absolute atomic E-state index is 13.3. The molecule has 0 radical (unpaired) electrons. The van der Waals surface area contributed by atoms with Crippen LogP contribution >= 0.6 is 15.9 Å². The molecule has 1 amide bonds. The number of piperidine rings is 1. The van der Waals surface area contributed by atoms with Crippen molar-refractivity contribution in [2.24, 2.45) is 5.92 Å². The van der Waals surface area contributed by atoms with E-state index in [-0.39, 0.29) is 18.0 Å². The minimum atomic E-state index is -0.414. The van der Waals surface area contributed by atoms with Crippen molar-refractivity contribution in [3.05, 3.63) is 34.1 Å². The fourth-order valence-electron chi connectivity index (χ4n) is 2.52. The molecule has 2 rings (SSSR count). The predicted molar refractivity (Wildman–Crippen MR) is 76.6 cm³/mol. The highest BCUT2D eigenvalue weighted by Crippen LogP contribution is 2.18. The van der Waals surface area contributed by atoms with Gasteiger partial charge in [0, 0.05) is 22.1 Å². The number of halogens is 2. The number of amides is 1. The number of hydrogen-bond donors (Lipinski definition) is 2. The molecule has 0 aliphatic carbocycles. The van der Waals surface area contributed by atoms with Crippen molar-refractivity contribution in [2.75, 3.05) is 6.54 Å². The molecule has 3 unspecified atom stereocenters. The van der Waals surface area contributed by atoms with Crippen LogP contribution in [0.4, 0.5) is 4.39 Å². The molecule has 1 heterocycles. The molecular weight excluding hydrogens is 311 g/mol. The fraction of sp³-hybridized carbons (Fsp3) is 0.500. The Morgan fingerprint density at radius 3 is 2.79 bits per heavy atom. The second-order valence-corrected chi connectivity index (χ2v) is 6.08. The summed E-state index contributed by atoms with van der Waals surface area (Å²) in [6.07, 6.45) is 1.03. The maximum Gasteiger partial charge on any atom is 0.251 e. The van der Waals surface area contributed by atoms with Crippen molar-refractivity contribution >= 4 is 21.8 Å². The summed E-state index contributed by atoms with van der Waals surface area (Å²) >= 11 is 3.20. The summed E-state index contributed by atoms with van der Waals surface area (Å²) in [6.45, 7) is 5.16. The van der Waals surface area contributed by atoms with Crippen molar-refractivity contribution in [1.29, 1.82) is 0 Å². The van der Waals surface area contributed by atoms with Crippen molar-refractivity contribution in [3.63, 3.8) is 0 Å². The van der Waals surface area contributed by atoms with Crippen molar-refractivity contribution in [3.8, 4) is 0 Å². The van der Waals surface area contributed by atoms with E-state index < -0.39 is 5.82 Å². The van der Waals surface area contributed by atoms with Crippen LogP contribution < -0.4 is 10.6 Å². The van der Waals surface area contributed by atoms with Gasteiger partial charge in [-0.15, -0.1) is 0 Å². The van der Waals surface area contributed by atoms with Gasteiger partial charge in [-0.25, -0.2) is 4.39 Å². The Hall–Kier alpha value is -0.940. The largest absolute Gasteiger partial charge is 0.347 e.